The quantitative estimate of drug-likeness (QED) is 0.576. The summed E-state index contributed by atoms with van der Waals surface area (Å²) in [6.45, 7) is 6.51. The van der Waals surface area contributed by atoms with Crippen molar-refractivity contribution in [2.45, 2.75) is 64.0 Å². The molecular formula is C24H30F2N2O4. The molecule has 2 aromatic carbocycles. The van der Waals surface area contributed by atoms with Crippen molar-refractivity contribution in [2.24, 2.45) is 5.73 Å². The number of hydrogen-bond acceptors (Lipinski definition) is 5. The van der Waals surface area contributed by atoms with Crippen LogP contribution in [0.5, 0.6) is 11.5 Å². The molecule has 1 aliphatic rings. The zero-order chi connectivity index (χ0) is 23.8. The number of hydrogen-bond donors (Lipinski definition) is 3. The highest BCUT2D eigenvalue weighted by atomic mass is 19.3. The second-order valence-electron chi connectivity index (χ2n) is 8.63. The van der Waals surface area contributed by atoms with Crippen molar-refractivity contribution in [1.82, 2.24) is 0 Å². The van der Waals surface area contributed by atoms with Crippen molar-refractivity contribution in [3.8, 4) is 11.5 Å². The van der Waals surface area contributed by atoms with Crippen molar-refractivity contribution in [3.05, 3.63) is 53.1 Å². The van der Waals surface area contributed by atoms with Gasteiger partial charge < -0.3 is 20.7 Å². The SMILES string of the molecule is CCOC(=O)N1c2ccc(C(C)(F)F)cc2C(C)(C(N)c2cc(O)cc(O)c2)CC1CC. The number of amides is 1. The van der Waals surface area contributed by atoms with Gasteiger partial charge in [-0.3, -0.25) is 4.90 Å². The highest BCUT2D eigenvalue weighted by Gasteiger charge is 2.47. The lowest BCUT2D eigenvalue weighted by Gasteiger charge is -2.48. The number of carbonyl (C=O) groups is 1. The number of nitrogens with two attached hydrogens (primary N) is 1. The van der Waals surface area contributed by atoms with Crippen LogP contribution >= 0.6 is 0 Å². The minimum atomic E-state index is -3.08. The Bertz CT molecular complexity index is 988. The minimum absolute atomic E-state index is 0.149. The van der Waals surface area contributed by atoms with Crippen LogP contribution < -0.4 is 10.6 Å². The second-order valence-corrected chi connectivity index (χ2v) is 8.63. The van der Waals surface area contributed by atoms with Crippen LogP contribution in [0.15, 0.2) is 36.4 Å². The van der Waals surface area contributed by atoms with Crippen LogP contribution in [0.25, 0.3) is 0 Å². The van der Waals surface area contributed by atoms with Crippen molar-refractivity contribution < 1.29 is 28.5 Å². The molecule has 0 aliphatic carbocycles. The summed E-state index contributed by atoms with van der Waals surface area (Å²) in [5.74, 6) is -3.38. The second kappa shape index (κ2) is 8.58. The molecule has 2 aromatic rings. The number of nitrogens with zero attached hydrogens (tertiary/aromatic N) is 1. The number of anilines is 1. The Labute approximate surface area is 186 Å². The van der Waals surface area contributed by atoms with Gasteiger partial charge in [0.2, 0.25) is 0 Å². The third kappa shape index (κ3) is 4.24. The molecule has 1 amide bonds. The van der Waals surface area contributed by atoms with Gasteiger partial charge in [0.05, 0.1) is 12.3 Å². The Morgan fingerprint density at radius 3 is 2.41 bits per heavy atom. The van der Waals surface area contributed by atoms with Crippen LogP contribution in [0, 0.1) is 0 Å². The Balaban J connectivity index is 2.24. The van der Waals surface area contributed by atoms with Crippen LogP contribution in [0.3, 0.4) is 0 Å². The fraction of sp³-hybridized carbons (Fsp3) is 0.458. The lowest BCUT2D eigenvalue weighted by Crippen LogP contribution is -2.52. The van der Waals surface area contributed by atoms with Gasteiger partial charge in [-0.2, -0.15) is 0 Å². The highest BCUT2D eigenvalue weighted by molar-refractivity contribution is 5.91. The standard InChI is InChI=1S/C24H30F2N2O4/c1-5-16-13-23(3,21(27)14-9-17(29)12-18(30)10-14)19-11-15(24(4,25)26)7-8-20(19)28(16)22(31)32-6-2/h7-12,16,21,29-30H,5-6,13,27H2,1-4H3. The highest BCUT2D eigenvalue weighted by Crippen LogP contribution is 2.51. The first-order chi connectivity index (χ1) is 14.9. The van der Waals surface area contributed by atoms with Gasteiger partial charge in [0, 0.05) is 36.1 Å². The Kier molecular flexibility index (Phi) is 6.38. The molecular weight excluding hydrogens is 418 g/mol. The van der Waals surface area contributed by atoms with E-state index in [9.17, 15) is 23.8 Å². The zero-order valence-electron chi connectivity index (χ0n) is 18.7. The van der Waals surface area contributed by atoms with E-state index >= 15 is 0 Å². The van der Waals surface area contributed by atoms with E-state index in [0.29, 0.717) is 29.7 Å². The molecule has 0 fully saturated rings. The molecule has 4 N–H and O–H groups in total. The largest absolute Gasteiger partial charge is 0.508 e. The zero-order valence-corrected chi connectivity index (χ0v) is 18.7. The van der Waals surface area contributed by atoms with Crippen molar-refractivity contribution >= 4 is 11.8 Å². The molecule has 3 atom stereocenters. The number of aromatic hydroxyl groups is 2. The van der Waals surface area contributed by atoms with Crippen molar-refractivity contribution in [3.63, 3.8) is 0 Å². The van der Waals surface area contributed by atoms with Gasteiger partial charge in [-0.25, -0.2) is 13.6 Å². The van der Waals surface area contributed by atoms with E-state index in [0.717, 1.165) is 6.92 Å². The molecule has 3 rings (SSSR count). The van der Waals surface area contributed by atoms with Gasteiger partial charge in [-0.05, 0) is 55.2 Å². The van der Waals surface area contributed by atoms with Crippen LogP contribution in [-0.2, 0) is 16.1 Å². The van der Waals surface area contributed by atoms with Gasteiger partial charge >= 0.3 is 6.09 Å². The normalized spacial score (nSPS) is 21.7. The molecule has 1 heterocycles. The molecule has 3 unspecified atom stereocenters. The molecule has 0 radical (unpaired) electrons. The third-order valence-electron chi connectivity index (χ3n) is 6.31. The maximum atomic E-state index is 14.2. The van der Waals surface area contributed by atoms with E-state index in [1.54, 1.807) is 6.92 Å². The summed E-state index contributed by atoms with van der Waals surface area (Å²) in [6.07, 6.45) is 0.436. The maximum absolute atomic E-state index is 14.2. The summed E-state index contributed by atoms with van der Waals surface area (Å²) in [7, 11) is 0. The van der Waals surface area contributed by atoms with Gasteiger partial charge in [-0.1, -0.05) is 19.9 Å². The molecule has 174 valence electrons. The van der Waals surface area contributed by atoms with Gasteiger partial charge in [0.15, 0.2) is 0 Å². The summed E-state index contributed by atoms with van der Waals surface area (Å²) < 4.78 is 33.7. The molecule has 0 saturated heterocycles. The number of phenols is 2. The summed E-state index contributed by atoms with van der Waals surface area (Å²) in [5.41, 5.74) is 7.03. The van der Waals surface area contributed by atoms with Gasteiger partial charge in [0.1, 0.15) is 11.5 Å². The van der Waals surface area contributed by atoms with E-state index in [2.05, 4.69) is 0 Å². The number of alkyl halides is 2. The average Bonchev–Trinajstić information content (AvgIpc) is 2.71. The molecule has 6 nitrogen and oxygen atoms in total. The van der Waals surface area contributed by atoms with E-state index in [-0.39, 0.29) is 29.7 Å². The number of carbonyl (C=O) groups excluding carboxylic acids is 1. The maximum Gasteiger partial charge on any atom is 0.414 e. The first-order valence-electron chi connectivity index (χ1n) is 10.7. The Hall–Kier alpha value is -2.87. The molecule has 32 heavy (non-hydrogen) atoms. The monoisotopic (exact) mass is 448 g/mol. The number of ether oxygens (including phenoxy) is 1. The minimum Gasteiger partial charge on any atom is -0.508 e. The molecule has 0 spiro atoms. The van der Waals surface area contributed by atoms with Crippen molar-refractivity contribution in [1.29, 1.82) is 0 Å². The lowest BCUT2D eigenvalue weighted by molar-refractivity contribution is 0.0173. The van der Waals surface area contributed by atoms with Gasteiger partial charge in [0.25, 0.3) is 5.92 Å². The molecule has 0 saturated carbocycles. The number of benzene rings is 2. The summed E-state index contributed by atoms with van der Waals surface area (Å²) >= 11 is 0. The fourth-order valence-electron chi connectivity index (χ4n) is 4.59. The van der Waals surface area contributed by atoms with E-state index in [1.165, 1.54) is 41.3 Å². The topological polar surface area (TPSA) is 96.0 Å². The number of halogens is 2. The third-order valence-corrected chi connectivity index (χ3v) is 6.31. The smallest absolute Gasteiger partial charge is 0.414 e. The molecule has 1 aliphatic heterocycles. The Morgan fingerprint density at radius 1 is 1.25 bits per heavy atom. The van der Waals surface area contributed by atoms with Crippen LogP contribution in [0.1, 0.15) is 63.3 Å². The number of rotatable bonds is 5. The van der Waals surface area contributed by atoms with E-state index < -0.39 is 23.5 Å². The van der Waals surface area contributed by atoms with Crippen molar-refractivity contribution in [2.75, 3.05) is 11.5 Å². The predicted molar refractivity (Wildman–Crippen MR) is 118 cm³/mol. The number of fused-ring (bicyclic) bond motifs is 1. The summed E-state index contributed by atoms with van der Waals surface area (Å²) in [4.78, 5) is 14.3. The van der Waals surface area contributed by atoms with Gasteiger partial charge in [-0.15, -0.1) is 0 Å². The molecule has 0 bridgehead atoms. The predicted octanol–water partition coefficient (Wildman–Crippen LogP) is 5.31. The number of phenolic OH excluding ortho intramolecular Hbond substituents is 2. The molecule has 8 heteroatoms. The average molecular weight is 449 g/mol. The Morgan fingerprint density at radius 2 is 1.88 bits per heavy atom. The van der Waals surface area contributed by atoms with Crippen LogP contribution in [0.2, 0.25) is 0 Å². The first-order valence-corrected chi connectivity index (χ1v) is 10.7. The summed E-state index contributed by atoms with van der Waals surface area (Å²) in [6, 6.07) is 7.30. The first kappa shape index (κ1) is 23.8. The van der Waals surface area contributed by atoms with E-state index in [1.807, 2.05) is 13.8 Å². The fourth-order valence-corrected chi connectivity index (χ4v) is 4.59. The lowest BCUT2D eigenvalue weighted by atomic mass is 9.66. The van der Waals surface area contributed by atoms with Crippen LogP contribution in [-0.4, -0.2) is 29.0 Å². The van der Waals surface area contributed by atoms with E-state index in [4.69, 9.17) is 10.5 Å². The van der Waals surface area contributed by atoms with Crippen LogP contribution in [0.4, 0.5) is 19.3 Å². The molecule has 0 aromatic heterocycles. The summed E-state index contributed by atoms with van der Waals surface area (Å²) in [5, 5.41) is 19.9.